The molecule has 1 aromatic heterocycles. The second-order valence-electron chi connectivity index (χ2n) is 9.31. The van der Waals surface area contributed by atoms with Crippen LogP contribution in [0, 0.1) is 11.7 Å². The molecule has 1 saturated heterocycles. The van der Waals surface area contributed by atoms with Gasteiger partial charge in [-0.3, -0.25) is 9.59 Å². The third-order valence-electron chi connectivity index (χ3n) is 6.83. The Bertz CT molecular complexity index is 1270. The smallest absolute Gasteiger partial charge is 0.347 e. The summed E-state index contributed by atoms with van der Waals surface area (Å²) in [5.41, 5.74) is 1.37. The lowest BCUT2D eigenvalue weighted by Crippen LogP contribution is -2.47. The van der Waals surface area contributed by atoms with Crippen molar-refractivity contribution in [3.63, 3.8) is 0 Å². The number of hydrogen-bond donors (Lipinski definition) is 1. The highest BCUT2D eigenvalue weighted by Gasteiger charge is 2.40. The Hall–Kier alpha value is -3.20. The lowest BCUT2D eigenvalue weighted by atomic mass is 9.99. The van der Waals surface area contributed by atoms with Crippen LogP contribution < -0.4 is 5.32 Å². The van der Waals surface area contributed by atoms with Gasteiger partial charge in [0, 0.05) is 17.7 Å². The molecule has 1 unspecified atom stereocenters. The quantitative estimate of drug-likeness (QED) is 0.383. The van der Waals surface area contributed by atoms with Gasteiger partial charge in [0.15, 0.2) is 0 Å². The van der Waals surface area contributed by atoms with Gasteiger partial charge in [0.05, 0.1) is 11.6 Å². The topological polar surface area (TPSA) is 49.4 Å². The molecule has 9 heteroatoms. The van der Waals surface area contributed by atoms with Crippen LogP contribution >= 0.6 is 11.3 Å². The van der Waals surface area contributed by atoms with Crippen LogP contribution in [-0.4, -0.2) is 29.3 Å². The van der Waals surface area contributed by atoms with E-state index in [0.29, 0.717) is 31.0 Å². The zero-order valence-corrected chi connectivity index (χ0v) is 20.0. The van der Waals surface area contributed by atoms with Gasteiger partial charge in [-0.2, -0.15) is 24.5 Å². The van der Waals surface area contributed by atoms with Crippen molar-refractivity contribution >= 4 is 23.2 Å². The van der Waals surface area contributed by atoms with E-state index in [9.17, 15) is 27.2 Å². The zero-order chi connectivity index (χ0) is 25.4. The van der Waals surface area contributed by atoms with Crippen molar-refractivity contribution in [1.82, 2.24) is 10.2 Å². The summed E-state index contributed by atoms with van der Waals surface area (Å²) in [6, 6.07) is 10.2. The number of amides is 2. The van der Waals surface area contributed by atoms with Crippen LogP contribution in [0.4, 0.5) is 17.6 Å². The normalized spacial score (nSPS) is 18.8. The molecule has 2 heterocycles. The molecule has 188 valence electrons. The first-order valence-corrected chi connectivity index (χ1v) is 12.8. The number of benzene rings is 2. The van der Waals surface area contributed by atoms with Crippen molar-refractivity contribution in [3.05, 3.63) is 81.8 Å². The molecular weight excluding hydrogens is 492 g/mol. The van der Waals surface area contributed by atoms with Crippen molar-refractivity contribution in [2.24, 2.45) is 5.92 Å². The summed E-state index contributed by atoms with van der Waals surface area (Å²) in [4.78, 5) is 28.2. The minimum Gasteiger partial charge on any atom is -0.347 e. The number of thiophene rings is 1. The molecule has 1 N–H and O–H groups in total. The van der Waals surface area contributed by atoms with Crippen LogP contribution in [0.5, 0.6) is 0 Å². The Morgan fingerprint density at radius 1 is 1.03 bits per heavy atom. The number of hydrogen-bond acceptors (Lipinski definition) is 3. The number of likely N-dealkylation sites (tertiary alicyclic amines) is 1. The van der Waals surface area contributed by atoms with Gasteiger partial charge in [0.1, 0.15) is 11.9 Å². The van der Waals surface area contributed by atoms with Gasteiger partial charge in [-0.1, -0.05) is 18.2 Å². The number of carbonyl (C=O) groups is 2. The van der Waals surface area contributed by atoms with Crippen molar-refractivity contribution in [3.8, 4) is 11.1 Å². The lowest BCUT2D eigenvalue weighted by molar-refractivity contribution is -0.137. The van der Waals surface area contributed by atoms with E-state index in [1.165, 1.54) is 4.90 Å². The second-order valence-corrected chi connectivity index (χ2v) is 10.1. The first-order chi connectivity index (χ1) is 17.2. The Labute approximate surface area is 209 Å². The number of nitrogens with zero attached hydrogens (tertiary/aromatic N) is 1. The number of nitrogens with one attached hydrogen (secondary N) is 1. The van der Waals surface area contributed by atoms with Crippen molar-refractivity contribution in [1.29, 1.82) is 0 Å². The Kier molecular flexibility index (Phi) is 6.59. The van der Waals surface area contributed by atoms with Gasteiger partial charge < -0.3 is 10.2 Å². The third-order valence-corrected chi connectivity index (χ3v) is 7.52. The van der Waals surface area contributed by atoms with E-state index in [1.54, 1.807) is 17.4 Å². The van der Waals surface area contributed by atoms with Gasteiger partial charge >= 0.3 is 6.18 Å². The molecule has 2 aromatic carbocycles. The molecule has 3 aromatic rings. The maximum absolute atomic E-state index is 14.7. The largest absolute Gasteiger partial charge is 0.416 e. The van der Waals surface area contributed by atoms with Crippen LogP contribution in [0.1, 0.15) is 53.2 Å². The van der Waals surface area contributed by atoms with Crippen molar-refractivity contribution in [2.75, 3.05) is 6.54 Å². The Morgan fingerprint density at radius 2 is 1.83 bits per heavy atom. The van der Waals surface area contributed by atoms with Crippen LogP contribution in [0.15, 0.2) is 59.3 Å². The molecule has 2 aliphatic rings. The van der Waals surface area contributed by atoms with Crippen molar-refractivity contribution in [2.45, 2.75) is 43.9 Å². The number of alkyl halides is 3. The first-order valence-electron chi connectivity index (χ1n) is 11.8. The monoisotopic (exact) mass is 516 g/mol. The molecule has 1 saturated carbocycles. The summed E-state index contributed by atoms with van der Waals surface area (Å²) in [5.74, 6) is -1.71. The van der Waals surface area contributed by atoms with Gasteiger partial charge in [-0.25, -0.2) is 4.39 Å². The van der Waals surface area contributed by atoms with Gasteiger partial charge in [-0.05, 0) is 83.8 Å². The van der Waals surface area contributed by atoms with E-state index in [1.807, 2.05) is 35.0 Å². The minimum absolute atomic E-state index is 0.0400. The standard InChI is InChI=1S/C27H24F4N2O2S/c28-22-14-20(27(29,30)31)8-9-21(22)24(16-6-7-16)32-25(34)23-5-2-11-33(23)26(35)18-4-1-3-17(13-18)19-10-12-36-15-19/h1,3-4,8-10,12-16,23-24H,2,5-7,11H2,(H,32,34)/t23-,24?/m1/s1. The highest BCUT2D eigenvalue weighted by molar-refractivity contribution is 7.08. The molecule has 5 rings (SSSR count). The average Bonchev–Trinajstić information content (AvgIpc) is 3.32. The maximum Gasteiger partial charge on any atom is 0.416 e. The van der Waals surface area contributed by atoms with Crippen molar-refractivity contribution < 1.29 is 27.2 Å². The summed E-state index contributed by atoms with van der Waals surface area (Å²) in [7, 11) is 0. The molecule has 4 nitrogen and oxygen atoms in total. The van der Waals surface area contributed by atoms with Gasteiger partial charge in [0.25, 0.3) is 5.91 Å². The molecule has 0 bridgehead atoms. The molecule has 36 heavy (non-hydrogen) atoms. The lowest BCUT2D eigenvalue weighted by Gasteiger charge is -2.27. The summed E-state index contributed by atoms with van der Waals surface area (Å²) in [6.45, 7) is 0.419. The molecule has 2 amide bonds. The predicted molar refractivity (Wildman–Crippen MR) is 129 cm³/mol. The fraction of sp³-hybridized carbons (Fsp3) is 0.333. The third kappa shape index (κ3) is 5.02. The summed E-state index contributed by atoms with van der Waals surface area (Å²) in [5, 5.41) is 6.81. The summed E-state index contributed by atoms with van der Waals surface area (Å²) >= 11 is 1.56. The summed E-state index contributed by atoms with van der Waals surface area (Å²) in [6.07, 6.45) is -2.04. The fourth-order valence-electron chi connectivity index (χ4n) is 4.79. The van der Waals surface area contributed by atoms with E-state index in [-0.39, 0.29) is 17.4 Å². The Morgan fingerprint density at radius 3 is 2.50 bits per heavy atom. The first kappa shape index (κ1) is 24.5. The van der Waals surface area contributed by atoms with Gasteiger partial charge in [0.2, 0.25) is 5.91 Å². The highest BCUT2D eigenvalue weighted by Crippen LogP contribution is 2.43. The highest BCUT2D eigenvalue weighted by atomic mass is 32.1. The number of carbonyl (C=O) groups excluding carboxylic acids is 2. The van der Waals surface area contributed by atoms with Crippen LogP contribution in [0.25, 0.3) is 11.1 Å². The fourth-order valence-corrected chi connectivity index (χ4v) is 5.46. The van der Waals surface area contributed by atoms with Crippen LogP contribution in [0.3, 0.4) is 0 Å². The average molecular weight is 517 g/mol. The number of rotatable bonds is 6. The van der Waals surface area contributed by atoms with E-state index in [4.69, 9.17) is 0 Å². The van der Waals surface area contributed by atoms with Crippen LogP contribution in [0.2, 0.25) is 0 Å². The minimum atomic E-state index is -4.65. The van der Waals surface area contributed by atoms with E-state index < -0.39 is 35.5 Å². The van der Waals surface area contributed by atoms with Gasteiger partial charge in [-0.15, -0.1) is 0 Å². The molecule has 0 spiro atoms. The van der Waals surface area contributed by atoms with E-state index in [0.717, 1.165) is 36.1 Å². The molecule has 2 fully saturated rings. The van der Waals surface area contributed by atoms with E-state index in [2.05, 4.69) is 5.32 Å². The Balaban J connectivity index is 1.34. The number of halogens is 4. The van der Waals surface area contributed by atoms with E-state index >= 15 is 0 Å². The van der Waals surface area contributed by atoms with Crippen LogP contribution in [-0.2, 0) is 11.0 Å². The summed E-state index contributed by atoms with van der Waals surface area (Å²) < 4.78 is 53.6. The molecular formula is C27H24F4N2O2S. The molecule has 1 aliphatic heterocycles. The second kappa shape index (κ2) is 9.69. The SMILES string of the molecule is O=C(NC(c1ccc(C(F)(F)F)cc1F)C1CC1)[C@H]1CCCN1C(=O)c1cccc(-c2ccsc2)c1. The predicted octanol–water partition coefficient (Wildman–Crippen LogP) is 6.45. The molecule has 0 radical (unpaired) electrons. The molecule has 2 atom stereocenters. The maximum atomic E-state index is 14.7. The zero-order valence-electron chi connectivity index (χ0n) is 19.2. The molecule has 1 aliphatic carbocycles.